The molecule has 2 aromatic rings. The van der Waals surface area contributed by atoms with Gasteiger partial charge in [-0.2, -0.15) is 0 Å². The Morgan fingerprint density at radius 1 is 1.20 bits per heavy atom. The number of hydrogen-bond acceptors (Lipinski definition) is 2. The van der Waals surface area contributed by atoms with E-state index in [4.69, 9.17) is 0 Å². The molecule has 1 unspecified atom stereocenters. The van der Waals surface area contributed by atoms with Crippen molar-refractivity contribution < 1.29 is 0 Å². The SMILES string of the molecule is CC(CN1CCCC1)NCc1cn(C)c2ccccc12. The number of aryl methyl sites for hydroxylation is 1. The van der Waals surface area contributed by atoms with Crippen molar-refractivity contribution in [3.05, 3.63) is 36.0 Å². The summed E-state index contributed by atoms with van der Waals surface area (Å²) >= 11 is 0. The molecule has 0 aliphatic carbocycles. The van der Waals surface area contributed by atoms with Crippen LogP contribution >= 0.6 is 0 Å². The number of likely N-dealkylation sites (tertiary alicyclic amines) is 1. The van der Waals surface area contributed by atoms with Gasteiger partial charge in [0, 0.05) is 43.3 Å². The molecular formula is C17H25N3. The van der Waals surface area contributed by atoms with E-state index in [2.05, 4.69) is 59.2 Å². The summed E-state index contributed by atoms with van der Waals surface area (Å²) in [7, 11) is 2.12. The highest BCUT2D eigenvalue weighted by Gasteiger charge is 2.14. The van der Waals surface area contributed by atoms with Crippen LogP contribution in [0.4, 0.5) is 0 Å². The maximum Gasteiger partial charge on any atom is 0.0481 e. The largest absolute Gasteiger partial charge is 0.350 e. The van der Waals surface area contributed by atoms with Gasteiger partial charge >= 0.3 is 0 Å². The lowest BCUT2D eigenvalue weighted by molar-refractivity contribution is 0.298. The molecule has 1 aromatic heterocycles. The molecule has 3 nitrogen and oxygen atoms in total. The number of nitrogens with one attached hydrogen (secondary N) is 1. The molecule has 3 rings (SSSR count). The van der Waals surface area contributed by atoms with Crippen LogP contribution in [0.1, 0.15) is 25.3 Å². The van der Waals surface area contributed by atoms with Crippen molar-refractivity contribution in [1.29, 1.82) is 0 Å². The summed E-state index contributed by atoms with van der Waals surface area (Å²) in [6.45, 7) is 6.98. The van der Waals surface area contributed by atoms with Gasteiger partial charge in [-0.3, -0.25) is 0 Å². The number of nitrogens with zero attached hydrogens (tertiary/aromatic N) is 2. The Kier molecular flexibility index (Phi) is 4.08. The third kappa shape index (κ3) is 2.89. The third-order valence-electron chi connectivity index (χ3n) is 4.35. The zero-order valence-corrected chi connectivity index (χ0v) is 12.6. The van der Waals surface area contributed by atoms with Crippen LogP contribution in [-0.4, -0.2) is 35.1 Å². The summed E-state index contributed by atoms with van der Waals surface area (Å²) in [5, 5.41) is 5.05. The van der Waals surface area contributed by atoms with E-state index >= 15 is 0 Å². The normalized spacial score (nSPS) is 17.9. The fourth-order valence-corrected chi connectivity index (χ4v) is 3.27. The summed E-state index contributed by atoms with van der Waals surface area (Å²) in [5.41, 5.74) is 2.72. The van der Waals surface area contributed by atoms with E-state index < -0.39 is 0 Å². The Morgan fingerprint density at radius 2 is 1.95 bits per heavy atom. The van der Waals surface area contributed by atoms with Crippen LogP contribution in [0.3, 0.4) is 0 Å². The molecule has 2 heterocycles. The first-order chi connectivity index (χ1) is 9.74. The van der Waals surface area contributed by atoms with Crippen molar-refractivity contribution in [3.63, 3.8) is 0 Å². The van der Waals surface area contributed by atoms with Gasteiger partial charge in [0.15, 0.2) is 0 Å². The Balaban J connectivity index is 1.61. The van der Waals surface area contributed by atoms with Crippen molar-refractivity contribution in [2.24, 2.45) is 7.05 Å². The van der Waals surface area contributed by atoms with Crippen LogP contribution < -0.4 is 5.32 Å². The maximum absolute atomic E-state index is 3.68. The molecule has 0 bridgehead atoms. The first-order valence-electron chi connectivity index (χ1n) is 7.73. The maximum atomic E-state index is 3.68. The van der Waals surface area contributed by atoms with Gasteiger partial charge < -0.3 is 14.8 Å². The molecule has 1 N–H and O–H groups in total. The van der Waals surface area contributed by atoms with Crippen LogP contribution in [0.5, 0.6) is 0 Å². The molecule has 20 heavy (non-hydrogen) atoms. The Bertz CT molecular complexity index is 567. The Hall–Kier alpha value is -1.32. The molecule has 0 radical (unpaired) electrons. The summed E-state index contributed by atoms with van der Waals surface area (Å²) in [6.07, 6.45) is 4.99. The zero-order valence-electron chi connectivity index (χ0n) is 12.6. The van der Waals surface area contributed by atoms with E-state index in [1.807, 2.05) is 0 Å². The monoisotopic (exact) mass is 271 g/mol. The van der Waals surface area contributed by atoms with Crippen LogP contribution in [-0.2, 0) is 13.6 Å². The predicted octanol–water partition coefficient (Wildman–Crippen LogP) is 2.75. The molecule has 108 valence electrons. The van der Waals surface area contributed by atoms with Gasteiger partial charge in [-0.15, -0.1) is 0 Å². The number of aromatic nitrogens is 1. The quantitative estimate of drug-likeness (QED) is 0.902. The fraction of sp³-hybridized carbons (Fsp3) is 0.529. The standard InChI is InChI=1S/C17H25N3/c1-14(12-20-9-5-6-10-20)18-11-15-13-19(2)17-8-4-3-7-16(15)17/h3-4,7-8,13-14,18H,5-6,9-12H2,1-2H3. The summed E-state index contributed by atoms with van der Waals surface area (Å²) in [6, 6.07) is 9.19. The first kappa shape index (κ1) is 13.7. The number of para-hydroxylation sites is 1. The van der Waals surface area contributed by atoms with Crippen LogP contribution in [0.15, 0.2) is 30.5 Å². The van der Waals surface area contributed by atoms with E-state index in [1.54, 1.807) is 0 Å². The second-order valence-electron chi connectivity index (χ2n) is 6.07. The number of fused-ring (bicyclic) bond motifs is 1. The van der Waals surface area contributed by atoms with Crippen molar-refractivity contribution in [2.75, 3.05) is 19.6 Å². The molecule has 1 aliphatic heterocycles. The number of benzene rings is 1. The smallest absolute Gasteiger partial charge is 0.0481 e. The van der Waals surface area contributed by atoms with Gasteiger partial charge in [0.2, 0.25) is 0 Å². The van der Waals surface area contributed by atoms with Gasteiger partial charge in [-0.25, -0.2) is 0 Å². The van der Waals surface area contributed by atoms with Crippen LogP contribution in [0.25, 0.3) is 10.9 Å². The predicted molar refractivity (Wildman–Crippen MR) is 84.9 cm³/mol. The van der Waals surface area contributed by atoms with Crippen LogP contribution in [0.2, 0.25) is 0 Å². The van der Waals surface area contributed by atoms with E-state index in [0.29, 0.717) is 6.04 Å². The lowest BCUT2D eigenvalue weighted by Gasteiger charge is -2.21. The molecule has 1 atom stereocenters. The lowest BCUT2D eigenvalue weighted by atomic mass is 10.1. The molecule has 1 fully saturated rings. The van der Waals surface area contributed by atoms with Crippen molar-refractivity contribution in [3.8, 4) is 0 Å². The Morgan fingerprint density at radius 3 is 2.75 bits per heavy atom. The lowest BCUT2D eigenvalue weighted by Crippen LogP contribution is -2.37. The van der Waals surface area contributed by atoms with Crippen molar-refractivity contribution >= 4 is 10.9 Å². The van der Waals surface area contributed by atoms with Gasteiger partial charge in [-0.05, 0) is 44.5 Å². The molecule has 1 aliphatic rings. The van der Waals surface area contributed by atoms with Gasteiger partial charge in [-0.1, -0.05) is 18.2 Å². The summed E-state index contributed by atoms with van der Waals surface area (Å²) in [4.78, 5) is 2.57. The third-order valence-corrected chi connectivity index (χ3v) is 4.35. The molecule has 1 aromatic carbocycles. The highest BCUT2D eigenvalue weighted by atomic mass is 15.2. The van der Waals surface area contributed by atoms with Gasteiger partial charge in [0.25, 0.3) is 0 Å². The fourth-order valence-electron chi connectivity index (χ4n) is 3.27. The van der Waals surface area contributed by atoms with Gasteiger partial charge in [0.05, 0.1) is 0 Å². The van der Waals surface area contributed by atoms with E-state index in [1.165, 1.54) is 48.9 Å². The van der Waals surface area contributed by atoms with Gasteiger partial charge in [0.1, 0.15) is 0 Å². The topological polar surface area (TPSA) is 20.2 Å². The van der Waals surface area contributed by atoms with E-state index in [9.17, 15) is 0 Å². The van der Waals surface area contributed by atoms with Crippen molar-refractivity contribution in [1.82, 2.24) is 14.8 Å². The van der Waals surface area contributed by atoms with Crippen molar-refractivity contribution in [2.45, 2.75) is 32.4 Å². The molecule has 0 spiro atoms. The molecule has 3 heteroatoms. The first-order valence-corrected chi connectivity index (χ1v) is 7.73. The minimum absolute atomic E-state index is 0.548. The zero-order chi connectivity index (χ0) is 13.9. The van der Waals surface area contributed by atoms with E-state index in [0.717, 1.165) is 6.54 Å². The molecular weight excluding hydrogens is 246 g/mol. The summed E-state index contributed by atoms with van der Waals surface area (Å²) < 4.78 is 2.22. The molecule has 1 saturated heterocycles. The van der Waals surface area contributed by atoms with E-state index in [-0.39, 0.29) is 0 Å². The number of hydrogen-bond donors (Lipinski definition) is 1. The molecule has 0 amide bonds. The Labute approximate surface area is 121 Å². The second kappa shape index (κ2) is 5.98. The number of rotatable bonds is 5. The van der Waals surface area contributed by atoms with Crippen LogP contribution in [0, 0.1) is 0 Å². The minimum Gasteiger partial charge on any atom is -0.350 e. The second-order valence-corrected chi connectivity index (χ2v) is 6.07. The average molecular weight is 271 g/mol. The molecule has 0 saturated carbocycles. The highest BCUT2D eigenvalue weighted by molar-refractivity contribution is 5.83. The average Bonchev–Trinajstić information content (AvgIpc) is 3.06. The highest BCUT2D eigenvalue weighted by Crippen LogP contribution is 2.20. The minimum atomic E-state index is 0.548. The summed E-state index contributed by atoms with van der Waals surface area (Å²) in [5.74, 6) is 0.